The van der Waals surface area contributed by atoms with E-state index in [1.54, 1.807) is 39.8 Å². The quantitative estimate of drug-likeness (QED) is 0.299. The number of aromatic hydroxyl groups is 1. The van der Waals surface area contributed by atoms with Gasteiger partial charge < -0.3 is 26.2 Å². The highest BCUT2D eigenvalue weighted by atomic mass is 16.4. The summed E-state index contributed by atoms with van der Waals surface area (Å²) in [5.41, 5.74) is 1.43. The van der Waals surface area contributed by atoms with Crippen LogP contribution in [0.4, 0.5) is 0 Å². The standard InChI is InChI=1S/C35H43NO8/c1-6-19(37)16-23-33(4)21(15-18-11-8-7-9-12-18)20-13-10-14-22(38)24(20)28(39)27(33)31(42)35(44)30(41)25(32(36)43)29(40)26(17(2)3)34(23,35)5/h7-14,17,21,23,25-27,29,31,38,40,42,44H,6,15-16H2,1-5H3,(H2,36,43)/t21-,23-,25-,26+,27-,29?,31?,33-,34-,35+/m1/s1. The van der Waals surface area contributed by atoms with Crippen molar-refractivity contribution in [2.24, 2.45) is 46.2 Å². The molecule has 0 aliphatic heterocycles. The molecule has 3 aliphatic carbocycles. The van der Waals surface area contributed by atoms with Crippen LogP contribution in [0.25, 0.3) is 0 Å². The van der Waals surface area contributed by atoms with Crippen molar-refractivity contribution in [3.05, 3.63) is 65.2 Å². The Morgan fingerprint density at radius 2 is 1.64 bits per heavy atom. The Kier molecular flexibility index (Phi) is 7.92. The molecule has 10 atom stereocenters. The molecule has 6 N–H and O–H groups in total. The van der Waals surface area contributed by atoms with Crippen molar-refractivity contribution in [1.82, 2.24) is 0 Å². The lowest BCUT2D eigenvalue weighted by molar-refractivity contribution is -0.293. The summed E-state index contributed by atoms with van der Waals surface area (Å²) in [7, 11) is 0. The third-order valence-corrected chi connectivity index (χ3v) is 11.6. The van der Waals surface area contributed by atoms with Crippen LogP contribution in [-0.2, 0) is 20.8 Å². The number of aliphatic hydroxyl groups excluding tert-OH is 2. The molecule has 2 aromatic carbocycles. The van der Waals surface area contributed by atoms with Gasteiger partial charge in [0.05, 0.1) is 17.6 Å². The number of aliphatic hydroxyl groups is 3. The van der Waals surface area contributed by atoms with E-state index < -0.39 is 81.6 Å². The van der Waals surface area contributed by atoms with Crippen molar-refractivity contribution < 1.29 is 39.6 Å². The van der Waals surface area contributed by atoms with E-state index in [0.29, 0.717) is 12.0 Å². The molecule has 0 radical (unpaired) electrons. The molecule has 2 unspecified atom stereocenters. The number of phenols is 1. The molecule has 236 valence electrons. The minimum Gasteiger partial charge on any atom is -0.507 e. The molecule has 3 aliphatic rings. The second-order valence-corrected chi connectivity index (χ2v) is 13.8. The van der Waals surface area contributed by atoms with E-state index in [2.05, 4.69) is 0 Å². The Morgan fingerprint density at radius 1 is 1.00 bits per heavy atom. The molecule has 9 heteroatoms. The van der Waals surface area contributed by atoms with E-state index in [4.69, 9.17) is 5.73 Å². The maximum atomic E-state index is 14.5. The summed E-state index contributed by atoms with van der Waals surface area (Å²) in [5, 5.41) is 47.7. The monoisotopic (exact) mass is 605 g/mol. The molecule has 0 aromatic heterocycles. The number of carbonyl (C=O) groups is 4. The molecule has 44 heavy (non-hydrogen) atoms. The van der Waals surface area contributed by atoms with Crippen molar-refractivity contribution in [2.45, 2.75) is 77.6 Å². The predicted octanol–water partition coefficient (Wildman–Crippen LogP) is 2.95. The average molecular weight is 606 g/mol. The van der Waals surface area contributed by atoms with E-state index >= 15 is 0 Å². The number of rotatable bonds is 7. The van der Waals surface area contributed by atoms with Gasteiger partial charge in [-0.2, -0.15) is 0 Å². The number of phenolic OH excluding ortho intramolecular Hbond substituents is 1. The average Bonchev–Trinajstić information content (AvgIpc) is 2.96. The first-order valence-electron chi connectivity index (χ1n) is 15.4. The summed E-state index contributed by atoms with van der Waals surface area (Å²) in [6.45, 7) is 8.71. The number of nitrogens with two attached hydrogens (primary N) is 1. The number of fused-ring (bicyclic) bond motifs is 3. The third kappa shape index (κ3) is 4.08. The SMILES string of the molecule is CCC(=O)C[C@@H]1[C@@]2(C)[C@H](Cc3ccccc3)c3cccc(O)c3C(=O)[C@@H]2C(O)[C@@]2(O)C(=O)[C@H](C(N)=O)C(O)[C@H](C(C)C)[C@@]12C. The highest BCUT2D eigenvalue weighted by Gasteiger charge is 2.80. The highest BCUT2D eigenvalue weighted by Crippen LogP contribution is 2.72. The van der Waals surface area contributed by atoms with Gasteiger partial charge in [-0.3, -0.25) is 19.2 Å². The predicted molar refractivity (Wildman–Crippen MR) is 161 cm³/mol. The molecule has 2 saturated carbocycles. The molecular formula is C35H43NO8. The zero-order chi connectivity index (χ0) is 32.5. The number of ketones is 3. The summed E-state index contributed by atoms with van der Waals surface area (Å²) < 4.78 is 0. The van der Waals surface area contributed by atoms with Crippen LogP contribution >= 0.6 is 0 Å². The Labute approximate surface area is 257 Å². The Bertz CT molecular complexity index is 1510. The van der Waals surface area contributed by atoms with Gasteiger partial charge in [0.2, 0.25) is 5.91 Å². The van der Waals surface area contributed by atoms with Crippen LogP contribution in [0.3, 0.4) is 0 Å². The van der Waals surface area contributed by atoms with Crippen LogP contribution in [-0.4, -0.2) is 61.5 Å². The second kappa shape index (κ2) is 10.9. The number of hydrogen-bond acceptors (Lipinski definition) is 8. The van der Waals surface area contributed by atoms with Crippen molar-refractivity contribution in [3.63, 3.8) is 0 Å². The van der Waals surface area contributed by atoms with Crippen LogP contribution in [0, 0.1) is 40.4 Å². The number of carbonyl (C=O) groups excluding carboxylic acids is 4. The lowest BCUT2D eigenvalue weighted by Crippen LogP contribution is -2.82. The van der Waals surface area contributed by atoms with E-state index in [1.807, 2.05) is 37.3 Å². The van der Waals surface area contributed by atoms with E-state index in [1.165, 1.54) is 6.07 Å². The van der Waals surface area contributed by atoms with Crippen LogP contribution < -0.4 is 5.73 Å². The fraction of sp³-hybridized carbons (Fsp3) is 0.543. The number of Topliss-reactive ketones (excluding diaryl/α,β-unsaturated/α-hetero) is 3. The van der Waals surface area contributed by atoms with Gasteiger partial charge >= 0.3 is 0 Å². The normalized spacial score (nSPS) is 38.1. The smallest absolute Gasteiger partial charge is 0.230 e. The topological polar surface area (TPSA) is 175 Å². The molecular weight excluding hydrogens is 562 g/mol. The van der Waals surface area contributed by atoms with E-state index in [0.717, 1.165) is 5.56 Å². The van der Waals surface area contributed by atoms with Crippen molar-refractivity contribution in [2.75, 3.05) is 0 Å². The molecule has 0 bridgehead atoms. The number of hydrogen-bond donors (Lipinski definition) is 5. The highest BCUT2D eigenvalue weighted by molar-refractivity contribution is 6.09. The summed E-state index contributed by atoms with van der Waals surface area (Å²) in [6.07, 6.45) is -3.27. The van der Waals surface area contributed by atoms with Gasteiger partial charge in [0, 0.05) is 18.3 Å². The maximum absolute atomic E-state index is 14.5. The number of primary amides is 1. The van der Waals surface area contributed by atoms with Gasteiger partial charge in [-0.25, -0.2) is 0 Å². The van der Waals surface area contributed by atoms with E-state index in [-0.39, 0.29) is 29.9 Å². The van der Waals surface area contributed by atoms with Crippen LogP contribution in [0.1, 0.15) is 74.9 Å². The van der Waals surface area contributed by atoms with Gasteiger partial charge in [0.15, 0.2) is 17.2 Å². The van der Waals surface area contributed by atoms with Crippen molar-refractivity contribution in [3.8, 4) is 5.75 Å². The summed E-state index contributed by atoms with van der Waals surface area (Å²) in [6, 6.07) is 14.3. The van der Waals surface area contributed by atoms with Gasteiger partial charge in [-0.15, -0.1) is 0 Å². The minimum atomic E-state index is -2.72. The number of amides is 1. The maximum Gasteiger partial charge on any atom is 0.230 e. The fourth-order valence-electron chi connectivity index (χ4n) is 9.74. The van der Waals surface area contributed by atoms with Crippen LogP contribution in [0.15, 0.2) is 48.5 Å². The second-order valence-electron chi connectivity index (χ2n) is 13.8. The van der Waals surface area contributed by atoms with Gasteiger partial charge in [0.25, 0.3) is 0 Å². The molecule has 0 spiro atoms. The van der Waals surface area contributed by atoms with Gasteiger partial charge in [-0.05, 0) is 52.7 Å². The Morgan fingerprint density at radius 3 is 2.20 bits per heavy atom. The first kappa shape index (κ1) is 32.0. The van der Waals surface area contributed by atoms with Crippen molar-refractivity contribution in [1.29, 1.82) is 0 Å². The zero-order valence-electron chi connectivity index (χ0n) is 25.9. The number of benzene rings is 2. The lowest BCUT2D eigenvalue weighted by Gasteiger charge is -2.71. The molecule has 0 heterocycles. The molecule has 0 saturated heterocycles. The van der Waals surface area contributed by atoms with Crippen LogP contribution in [0.5, 0.6) is 5.75 Å². The third-order valence-electron chi connectivity index (χ3n) is 11.6. The summed E-state index contributed by atoms with van der Waals surface area (Å²) >= 11 is 0. The lowest BCUT2D eigenvalue weighted by atomic mass is 9.33. The fourth-order valence-corrected chi connectivity index (χ4v) is 9.74. The first-order chi connectivity index (χ1) is 20.6. The Hall–Kier alpha value is -3.40. The van der Waals surface area contributed by atoms with Crippen molar-refractivity contribution >= 4 is 23.3 Å². The van der Waals surface area contributed by atoms with Crippen LogP contribution in [0.2, 0.25) is 0 Å². The van der Waals surface area contributed by atoms with Gasteiger partial charge in [-0.1, -0.05) is 77.1 Å². The summed E-state index contributed by atoms with van der Waals surface area (Å²) in [5.74, 6) is -9.59. The first-order valence-corrected chi connectivity index (χ1v) is 15.4. The molecule has 2 aromatic rings. The minimum absolute atomic E-state index is 0.00196. The molecule has 1 amide bonds. The summed E-state index contributed by atoms with van der Waals surface area (Å²) in [4.78, 5) is 54.9. The Balaban J connectivity index is 1.90. The molecule has 2 fully saturated rings. The van der Waals surface area contributed by atoms with Gasteiger partial charge in [0.1, 0.15) is 23.6 Å². The molecule has 5 rings (SSSR count). The van der Waals surface area contributed by atoms with E-state index in [9.17, 15) is 39.6 Å². The molecule has 9 nitrogen and oxygen atoms in total. The zero-order valence-corrected chi connectivity index (χ0v) is 25.9. The largest absolute Gasteiger partial charge is 0.507 e.